The van der Waals surface area contributed by atoms with Crippen LogP contribution in [0.5, 0.6) is 0 Å². The van der Waals surface area contributed by atoms with E-state index >= 15 is 0 Å². The average molecular weight is 528 g/mol. The van der Waals surface area contributed by atoms with Crippen molar-refractivity contribution in [1.82, 2.24) is 15.1 Å². The number of benzene rings is 1. The van der Waals surface area contributed by atoms with E-state index in [0.717, 1.165) is 64.4 Å². The fourth-order valence-electron chi connectivity index (χ4n) is 4.49. The van der Waals surface area contributed by atoms with Crippen LogP contribution >= 0.6 is 24.0 Å². The monoisotopic (exact) mass is 528 g/mol. The summed E-state index contributed by atoms with van der Waals surface area (Å²) in [5, 5.41) is 3.60. The summed E-state index contributed by atoms with van der Waals surface area (Å²) < 4.78 is 5.18. The number of esters is 1. The van der Waals surface area contributed by atoms with E-state index in [1.54, 1.807) is 0 Å². The van der Waals surface area contributed by atoms with E-state index in [9.17, 15) is 4.79 Å². The summed E-state index contributed by atoms with van der Waals surface area (Å²) in [6.07, 6.45) is 3.90. The van der Waals surface area contributed by atoms with Crippen LogP contribution < -0.4 is 5.32 Å². The summed E-state index contributed by atoms with van der Waals surface area (Å²) in [4.78, 5) is 21.3. The van der Waals surface area contributed by atoms with Crippen LogP contribution in [0, 0.1) is 5.92 Å². The number of rotatable bonds is 6. The number of likely N-dealkylation sites (tertiary alicyclic amines) is 1. The van der Waals surface area contributed by atoms with Gasteiger partial charge in [-0.3, -0.25) is 14.7 Å². The zero-order valence-corrected chi connectivity index (χ0v) is 20.9. The summed E-state index contributed by atoms with van der Waals surface area (Å²) in [6.45, 7) is 9.31. The van der Waals surface area contributed by atoms with Gasteiger partial charge in [-0.15, -0.1) is 24.0 Å². The number of piperidine rings is 1. The van der Waals surface area contributed by atoms with Crippen molar-refractivity contribution in [2.24, 2.45) is 10.9 Å². The maximum Gasteiger partial charge on any atom is 0.309 e. The highest BCUT2D eigenvalue weighted by molar-refractivity contribution is 14.0. The Morgan fingerprint density at radius 2 is 1.90 bits per heavy atom. The van der Waals surface area contributed by atoms with Crippen LogP contribution in [-0.4, -0.2) is 67.6 Å². The summed E-state index contributed by atoms with van der Waals surface area (Å²) >= 11 is 0. The molecule has 168 valence electrons. The number of carbonyl (C=O) groups is 1. The molecule has 0 bridgehead atoms. The van der Waals surface area contributed by atoms with Gasteiger partial charge in [0.2, 0.25) is 0 Å². The average Bonchev–Trinajstić information content (AvgIpc) is 2.77. The number of ether oxygens (including phenoxy) is 1. The number of fused-ring (bicyclic) bond motifs is 1. The summed E-state index contributed by atoms with van der Waals surface area (Å²) in [6, 6.07) is 9.28. The molecule has 1 aromatic carbocycles. The first-order valence-corrected chi connectivity index (χ1v) is 11.1. The second-order valence-corrected chi connectivity index (χ2v) is 7.99. The first-order valence-electron chi connectivity index (χ1n) is 11.1. The first-order chi connectivity index (χ1) is 14.2. The molecule has 6 nitrogen and oxygen atoms in total. The molecular formula is C23H37IN4O2. The van der Waals surface area contributed by atoms with Crippen LogP contribution in [0.1, 0.15) is 44.2 Å². The molecule has 0 spiro atoms. The zero-order valence-electron chi connectivity index (χ0n) is 18.6. The number of halogens is 1. The molecular weight excluding hydrogens is 491 g/mol. The molecule has 2 aliphatic heterocycles. The van der Waals surface area contributed by atoms with E-state index in [0.29, 0.717) is 12.6 Å². The molecule has 0 radical (unpaired) electrons. The molecule has 1 fully saturated rings. The molecule has 0 aromatic heterocycles. The topological polar surface area (TPSA) is 57.2 Å². The Labute approximate surface area is 198 Å². The molecule has 2 aliphatic rings. The van der Waals surface area contributed by atoms with Crippen molar-refractivity contribution < 1.29 is 9.53 Å². The van der Waals surface area contributed by atoms with Crippen LogP contribution in [0.4, 0.5) is 0 Å². The van der Waals surface area contributed by atoms with Gasteiger partial charge in [0.15, 0.2) is 5.96 Å². The summed E-state index contributed by atoms with van der Waals surface area (Å²) in [7, 11) is 1.85. The Morgan fingerprint density at radius 1 is 1.20 bits per heavy atom. The lowest BCUT2D eigenvalue weighted by molar-refractivity contribution is -0.149. The van der Waals surface area contributed by atoms with Crippen LogP contribution in [0.25, 0.3) is 0 Å². The predicted molar refractivity (Wildman–Crippen MR) is 132 cm³/mol. The number of nitrogens with zero attached hydrogens (tertiary/aromatic N) is 3. The highest BCUT2D eigenvalue weighted by Gasteiger charge is 2.28. The van der Waals surface area contributed by atoms with Gasteiger partial charge in [-0.1, -0.05) is 31.2 Å². The van der Waals surface area contributed by atoms with Gasteiger partial charge in [0.05, 0.1) is 12.5 Å². The standard InChI is InChI=1S/C23H36N4O2.HI/c1-4-21(27-15-10-18-8-6-7-9-20(18)17-27)16-25-23(24-3)26-13-11-19(12-14-26)22(28)29-5-2;/h6-9,19,21H,4-5,10-17H2,1-3H3,(H,24,25);1H. The zero-order chi connectivity index (χ0) is 20.6. The molecule has 0 amide bonds. The minimum Gasteiger partial charge on any atom is -0.466 e. The van der Waals surface area contributed by atoms with Crippen molar-refractivity contribution in [3.8, 4) is 0 Å². The second-order valence-electron chi connectivity index (χ2n) is 7.99. The van der Waals surface area contributed by atoms with Gasteiger partial charge in [0.1, 0.15) is 0 Å². The van der Waals surface area contributed by atoms with Crippen molar-refractivity contribution >= 4 is 35.9 Å². The third-order valence-corrected chi connectivity index (χ3v) is 6.27. The van der Waals surface area contributed by atoms with Crippen molar-refractivity contribution in [3.05, 3.63) is 35.4 Å². The Bertz CT molecular complexity index is 704. The van der Waals surface area contributed by atoms with Gasteiger partial charge in [-0.25, -0.2) is 0 Å². The molecule has 0 saturated carbocycles. The molecule has 2 heterocycles. The number of guanidine groups is 1. The van der Waals surface area contributed by atoms with Crippen molar-refractivity contribution in [2.75, 3.05) is 39.8 Å². The Balaban J connectivity index is 0.00000320. The fraction of sp³-hybridized carbons (Fsp3) is 0.652. The minimum absolute atomic E-state index is 0. The van der Waals surface area contributed by atoms with Crippen LogP contribution in [0.15, 0.2) is 29.3 Å². The predicted octanol–water partition coefficient (Wildman–Crippen LogP) is 3.29. The van der Waals surface area contributed by atoms with Gasteiger partial charge in [0.25, 0.3) is 0 Å². The molecule has 1 aromatic rings. The number of carbonyl (C=O) groups excluding carboxylic acids is 1. The third-order valence-electron chi connectivity index (χ3n) is 6.27. The molecule has 1 unspecified atom stereocenters. The van der Waals surface area contributed by atoms with E-state index < -0.39 is 0 Å². The van der Waals surface area contributed by atoms with Gasteiger partial charge in [-0.05, 0) is 43.7 Å². The quantitative estimate of drug-likeness (QED) is 0.266. The molecule has 30 heavy (non-hydrogen) atoms. The maximum atomic E-state index is 12.0. The molecule has 1 saturated heterocycles. The molecule has 3 rings (SSSR count). The molecule has 1 atom stereocenters. The lowest BCUT2D eigenvalue weighted by Gasteiger charge is -2.37. The van der Waals surface area contributed by atoms with E-state index in [4.69, 9.17) is 4.74 Å². The molecule has 0 aliphatic carbocycles. The second kappa shape index (κ2) is 12.5. The fourth-order valence-corrected chi connectivity index (χ4v) is 4.49. The van der Waals surface area contributed by atoms with Crippen LogP contribution in [-0.2, 0) is 22.5 Å². The number of hydrogen-bond donors (Lipinski definition) is 1. The number of hydrogen-bond acceptors (Lipinski definition) is 4. The van der Waals surface area contributed by atoms with Gasteiger partial charge >= 0.3 is 5.97 Å². The van der Waals surface area contributed by atoms with Gasteiger partial charge in [0, 0.05) is 45.8 Å². The third kappa shape index (κ3) is 6.33. The summed E-state index contributed by atoms with van der Waals surface area (Å²) in [5.74, 6) is 0.927. The Morgan fingerprint density at radius 3 is 2.53 bits per heavy atom. The highest BCUT2D eigenvalue weighted by Crippen LogP contribution is 2.22. The SMILES string of the molecule is CCOC(=O)C1CCN(C(=NC)NCC(CC)N2CCc3ccccc3C2)CC1.I. The van der Waals surface area contributed by atoms with E-state index in [-0.39, 0.29) is 35.9 Å². The van der Waals surface area contributed by atoms with Crippen molar-refractivity contribution in [3.63, 3.8) is 0 Å². The lowest BCUT2D eigenvalue weighted by atomic mass is 9.97. The number of nitrogens with one attached hydrogen (secondary N) is 1. The smallest absolute Gasteiger partial charge is 0.309 e. The Hall–Kier alpha value is -1.35. The maximum absolute atomic E-state index is 12.0. The van der Waals surface area contributed by atoms with E-state index in [1.807, 2.05) is 14.0 Å². The van der Waals surface area contributed by atoms with Crippen molar-refractivity contribution in [1.29, 1.82) is 0 Å². The Kier molecular flexibility index (Phi) is 10.4. The number of aliphatic imine (C=N–C) groups is 1. The lowest BCUT2D eigenvalue weighted by Crippen LogP contribution is -2.51. The van der Waals surface area contributed by atoms with Gasteiger partial charge < -0.3 is 15.0 Å². The van der Waals surface area contributed by atoms with Gasteiger partial charge in [-0.2, -0.15) is 0 Å². The first kappa shape index (κ1) is 24.9. The normalized spacial score (nSPS) is 18.9. The van der Waals surface area contributed by atoms with Crippen LogP contribution in [0.2, 0.25) is 0 Å². The molecule has 7 heteroatoms. The highest BCUT2D eigenvalue weighted by atomic mass is 127. The van der Waals surface area contributed by atoms with E-state index in [2.05, 4.69) is 51.3 Å². The van der Waals surface area contributed by atoms with Crippen LogP contribution in [0.3, 0.4) is 0 Å². The van der Waals surface area contributed by atoms with E-state index in [1.165, 1.54) is 11.1 Å². The van der Waals surface area contributed by atoms with Crippen molar-refractivity contribution in [2.45, 2.75) is 52.1 Å². The summed E-state index contributed by atoms with van der Waals surface area (Å²) in [5.41, 5.74) is 2.95. The largest absolute Gasteiger partial charge is 0.466 e. The molecule has 1 N–H and O–H groups in total. The minimum atomic E-state index is -0.0495.